The number of hydrogen-bond acceptors (Lipinski definition) is 1. The molecule has 0 radical (unpaired) electrons. The van der Waals surface area contributed by atoms with Gasteiger partial charge in [-0.15, -0.1) is 0 Å². The molecule has 1 aromatic rings. The number of rotatable bonds is 3. The average molecular weight is 294 g/mol. The van der Waals surface area contributed by atoms with Crippen LogP contribution in [0.1, 0.15) is 18.1 Å². The Morgan fingerprint density at radius 2 is 1.21 bits per heavy atom. The minimum atomic E-state index is -4.90. The zero-order chi connectivity index (χ0) is 15.0. The molecule has 0 aromatic heterocycles. The maximum absolute atomic E-state index is 13.2. The number of benzene rings is 1. The second kappa shape index (κ2) is 5.32. The van der Waals surface area contributed by atoms with Gasteiger partial charge >= 0.3 is 6.18 Å². The minimum Gasteiger partial charge on any atom is -0.376 e. The van der Waals surface area contributed by atoms with Gasteiger partial charge < -0.3 is 4.74 Å². The molecule has 0 saturated carbocycles. The van der Waals surface area contributed by atoms with Gasteiger partial charge in [-0.05, 0) is 0 Å². The monoisotopic (exact) mass is 294 g/mol. The first-order chi connectivity index (χ1) is 8.60. The molecule has 0 bridgehead atoms. The van der Waals surface area contributed by atoms with Crippen LogP contribution in [-0.2, 0) is 4.74 Å². The fourth-order valence-electron chi connectivity index (χ4n) is 1.42. The molecular formula is C10H6F8O. The van der Waals surface area contributed by atoms with Gasteiger partial charge in [0.2, 0.25) is 5.82 Å². The Balaban J connectivity index is 3.40. The lowest BCUT2D eigenvalue weighted by molar-refractivity contribution is -0.158. The molecule has 0 aliphatic carbocycles. The summed E-state index contributed by atoms with van der Waals surface area (Å²) in [7, 11) is 0.661. The summed E-state index contributed by atoms with van der Waals surface area (Å²) in [6.45, 7) is 0. The van der Waals surface area contributed by atoms with Crippen LogP contribution in [0.15, 0.2) is 0 Å². The number of ether oxygens (including phenoxy) is 1. The molecule has 0 amide bonds. The third-order valence-electron chi connectivity index (χ3n) is 2.27. The fraction of sp³-hybridized carbons (Fsp3) is 0.400. The highest BCUT2D eigenvalue weighted by molar-refractivity contribution is 5.26. The molecule has 0 aliphatic heterocycles. The van der Waals surface area contributed by atoms with E-state index >= 15 is 0 Å². The molecule has 1 atom stereocenters. The summed E-state index contributed by atoms with van der Waals surface area (Å²) in [4.78, 5) is 0. The van der Waals surface area contributed by atoms with Gasteiger partial charge in [0.05, 0.1) is 18.1 Å². The fourth-order valence-corrected chi connectivity index (χ4v) is 1.42. The van der Waals surface area contributed by atoms with Crippen molar-refractivity contribution in [3.63, 3.8) is 0 Å². The van der Waals surface area contributed by atoms with Crippen LogP contribution in [-0.4, -0.2) is 13.3 Å². The van der Waals surface area contributed by atoms with Crippen molar-refractivity contribution >= 4 is 0 Å². The van der Waals surface area contributed by atoms with Gasteiger partial charge in [0.25, 0.3) is 0 Å². The first kappa shape index (κ1) is 15.7. The second-order valence-corrected chi connectivity index (χ2v) is 3.53. The molecule has 1 unspecified atom stereocenters. The summed E-state index contributed by atoms with van der Waals surface area (Å²) in [6.07, 6.45) is -9.12. The topological polar surface area (TPSA) is 9.23 Å². The number of alkyl halides is 3. The summed E-state index contributed by atoms with van der Waals surface area (Å²) in [5.74, 6) is -11.8. The van der Waals surface area contributed by atoms with E-state index in [1.165, 1.54) is 0 Å². The van der Waals surface area contributed by atoms with Crippen LogP contribution in [0.3, 0.4) is 0 Å². The lowest BCUT2D eigenvalue weighted by Crippen LogP contribution is -2.19. The zero-order valence-electron chi connectivity index (χ0n) is 9.22. The van der Waals surface area contributed by atoms with Crippen molar-refractivity contribution in [2.45, 2.75) is 18.7 Å². The molecule has 9 heteroatoms. The molecule has 0 spiro atoms. The quantitative estimate of drug-likeness (QED) is 0.465. The Morgan fingerprint density at radius 1 is 0.842 bits per heavy atom. The van der Waals surface area contributed by atoms with Gasteiger partial charge in [0.1, 0.15) is 0 Å². The van der Waals surface area contributed by atoms with Crippen LogP contribution in [0.5, 0.6) is 0 Å². The van der Waals surface area contributed by atoms with Crippen molar-refractivity contribution < 1.29 is 39.9 Å². The molecule has 1 nitrogen and oxygen atoms in total. The molecule has 1 aromatic carbocycles. The molecule has 108 valence electrons. The van der Waals surface area contributed by atoms with Gasteiger partial charge in [0, 0.05) is 7.11 Å². The van der Waals surface area contributed by atoms with Crippen molar-refractivity contribution in [3.8, 4) is 0 Å². The summed E-state index contributed by atoms with van der Waals surface area (Å²) >= 11 is 0. The zero-order valence-corrected chi connectivity index (χ0v) is 9.22. The van der Waals surface area contributed by atoms with Crippen LogP contribution in [0.25, 0.3) is 0 Å². The van der Waals surface area contributed by atoms with Gasteiger partial charge in [-0.3, -0.25) is 0 Å². The smallest absolute Gasteiger partial charge is 0.376 e. The normalized spacial score (nSPS) is 13.7. The molecule has 1 rings (SSSR count). The number of methoxy groups -OCH3 is 1. The second-order valence-electron chi connectivity index (χ2n) is 3.53. The third kappa shape index (κ3) is 3.14. The summed E-state index contributed by atoms with van der Waals surface area (Å²) in [6, 6.07) is 0. The van der Waals surface area contributed by atoms with Crippen molar-refractivity contribution in [1.29, 1.82) is 0 Å². The van der Waals surface area contributed by atoms with E-state index < -0.39 is 53.4 Å². The van der Waals surface area contributed by atoms with Gasteiger partial charge in [-0.25, -0.2) is 22.0 Å². The van der Waals surface area contributed by atoms with E-state index in [4.69, 9.17) is 0 Å². The molecule has 0 fully saturated rings. The van der Waals surface area contributed by atoms with Crippen LogP contribution in [0, 0.1) is 29.1 Å². The summed E-state index contributed by atoms with van der Waals surface area (Å²) in [5, 5.41) is 0. The Kier molecular flexibility index (Phi) is 4.39. The predicted octanol–water partition coefficient (Wildman–Crippen LogP) is 4.02. The highest BCUT2D eigenvalue weighted by Gasteiger charge is 2.38. The van der Waals surface area contributed by atoms with Crippen molar-refractivity contribution in [2.24, 2.45) is 0 Å². The summed E-state index contributed by atoms with van der Waals surface area (Å²) in [5.41, 5.74) is -1.64. The minimum absolute atomic E-state index is 0.661. The van der Waals surface area contributed by atoms with Crippen molar-refractivity contribution in [1.82, 2.24) is 0 Å². The lowest BCUT2D eigenvalue weighted by Gasteiger charge is -2.19. The molecule has 0 aliphatic rings. The van der Waals surface area contributed by atoms with Crippen molar-refractivity contribution in [3.05, 3.63) is 34.6 Å². The van der Waals surface area contributed by atoms with Gasteiger partial charge in [-0.1, -0.05) is 0 Å². The third-order valence-corrected chi connectivity index (χ3v) is 2.27. The Hall–Kier alpha value is -1.38. The maximum atomic E-state index is 13.2. The van der Waals surface area contributed by atoms with E-state index in [1.807, 2.05) is 0 Å². The SMILES string of the molecule is COC(CC(F)(F)F)c1c(F)c(F)c(F)c(F)c1F. The average Bonchev–Trinajstić information content (AvgIpc) is 2.31. The molecule has 0 heterocycles. The Labute approximate surface area is 101 Å². The standard InChI is InChI=1S/C10H6F8O/c1-19-3(2-10(16,17)18)4-5(11)7(13)9(15)8(14)6(4)12/h3H,2H2,1H3. The molecule has 0 saturated heterocycles. The largest absolute Gasteiger partial charge is 0.391 e. The highest BCUT2D eigenvalue weighted by Crippen LogP contribution is 2.36. The van der Waals surface area contributed by atoms with Crippen LogP contribution in [0.2, 0.25) is 0 Å². The highest BCUT2D eigenvalue weighted by atomic mass is 19.4. The predicted molar refractivity (Wildman–Crippen MR) is 46.7 cm³/mol. The van der Waals surface area contributed by atoms with Crippen LogP contribution in [0.4, 0.5) is 35.1 Å². The first-order valence-electron chi connectivity index (χ1n) is 4.71. The Bertz CT molecular complexity index is 452. The summed E-state index contributed by atoms with van der Waals surface area (Å²) < 4.78 is 105. The Morgan fingerprint density at radius 3 is 1.53 bits per heavy atom. The van der Waals surface area contributed by atoms with Gasteiger partial charge in [-0.2, -0.15) is 13.2 Å². The molecular weight excluding hydrogens is 288 g/mol. The number of halogens is 8. The van der Waals surface area contributed by atoms with E-state index in [0.29, 0.717) is 7.11 Å². The van der Waals surface area contributed by atoms with E-state index in [-0.39, 0.29) is 0 Å². The van der Waals surface area contributed by atoms with Crippen molar-refractivity contribution in [2.75, 3.05) is 7.11 Å². The first-order valence-corrected chi connectivity index (χ1v) is 4.71. The number of hydrogen-bond donors (Lipinski definition) is 0. The van der Waals surface area contributed by atoms with E-state index in [1.54, 1.807) is 0 Å². The maximum Gasteiger partial charge on any atom is 0.391 e. The molecule has 19 heavy (non-hydrogen) atoms. The van der Waals surface area contributed by atoms with Gasteiger partial charge in [0.15, 0.2) is 23.3 Å². The molecule has 0 N–H and O–H groups in total. The van der Waals surface area contributed by atoms with Crippen LogP contribution >= 0.6 is 0 Å². The van der Waals surface area contributed by atoms with E-state index in [2.05, 4.69) is 4.74 Å². The van der Waals surface area contributed by atoms with E-state index in [9.17, 15) is 35.1 Å². The lowest BCUT2D eigenvalue weighted by atomic mass is 10.0. The van der Waals surface area contributed by atoms with Crippen LogP contribution < -0.4 is 0 Å². The van der Waals surface area contributed by atoms with E-state index in [0.717, 1.165) is 0 Å².